The number of nitrogens with one attached hydrogen (secondary N) is 1. The molecule has 0 spiro atoms. The summed E-state index contributed by atoms with van der Waals surface area (Å²) in [5.74, 6) is 0.349. The maximum atomic E-state index is 13.5. The third kappa shape index (κ3) is 5.22. The van der Waals surface area contributed by atoms with Crippen molar-refractivity contribution in [1.82, 2.24) is 14.8 Å². The lowest BCUT2D eigenvalue weighted by Crippen LogP contribution is -2.18. The first-order valence-corrected chi connectivity index (χ1v) is 12.6. The van der Waals surface area contributed by atoms with Crippen LogP contribution in [0.4, 0.5) is 15.8 Å². The van der Waals surface area contributed by atoms with Crippen LogP contribution >= 0.6 is 11.8 Å². The zero-order valence-corrected chi connectivity index (χ0v) is 20.3. The molecular formula is C27H26FN5OS. The number of hydrogen-bond acceptors (Lipinski definition) is 5. The lowest BCUT2D eigenvalue weighted by atomic mass is 10.1. The predicted octanol–water partition coefficient (Wildman–Crippen LogP) is 5.71. The van der Waals surface area contributed by atoms with Crippen LogP contribution in [0.3, 0.4) is 0 Å². The molecule has 1 fully saturated rings. The molecule has 4 aromatic rings. The van der Waals surface area contributed by atoms with Gasteiger partial charge in [0.05, 0.1) is 5.75 Å². The molecule has 0 saturated carbocycles. The maximum Gasteiger partial charge on any atom is 0.234 e. The lowest BCUT2D eigenvalue weighted by molar-refractivity contribution is -0.113. The largest absolute Gasteiger partial charge is 0.372 e. The van der Waals surface area contributed by atoms with Gasteiger partial charge >= 0.3 is 0 Å². The van der Waals surface area contributed by atoms with Crippen molar-refractivity contribution in [1.29, 1.82) is 0 Å². The van der Waals surface area contributed by atoms with E-state index in [2.05, 4.69) is 32.5 Å². The normalized spacial score (nSPS) is 13.3. The summed E-state index contributed by atoms with van der Waals surface area (Å²) in [6.45, 7) is 4.19. The smallest absolute Gasteiger partial charge is 0.234 e. The van der Waals surface area contributed by atoms with Gasteiger partial charge in [-0.3, -0.25) is 9.36 Å². The van der Waals surface area contributed by atoms with Gasteiger partial charge in [-0.2, -0.15) is 0 Å². The minimum Gasteiger partial charge on any atom is -0.372 e. The molecule has 1 saturated heterocycles. The molecule has 178 valence electrons. The second-order valence-electron chi connectivity index (χ2n) is 8.51. The number of aryl methyl sites for hydroxylation is 1. The van der Waals surface area contributed by atoms with E-state index in [-0.39, 0.29) is 17.5 Å². The number of halogens is 1. The van der Waals surface area contributed by atoms with Crippen molar-refractivity contribution >= 4 is 29.0 Å². The Morgan fingerprint density at radius 2 is 1.71 bits per heavy atom. The lowest BCUT2D eigenvalue weighted by Gasteiger charge is -2.19. The molecule has 0 atom stereocenters. The molecule has 2 heterocycles. The van der Waals surface area contributed by atoms with Gasteiger partial charge in [0.25, 0.3) is 0 Å². The van der Waals surface area contributed by atoms with E-state index >= 15 is 0 Å². The third-order valence-corrected chi connectivity index (χ3v) is 6.97. The molecule has 0 unspecified atom stereocenters. The zero-order valence-electron chi connectivity index (χ0n) is 19.4. The first kappa shape index (κ1) is 23.1. The molecule has 8 heteroatoms. The number of amides is 1. The van der Waals surface area contributed by atoms with Gasteiger partial charge in [-0.15, -0.1) is 10.2 Å². The molecule has 1 N–H and O–H groups in total. The van der Waals surface area contributed by atoms with Crippen LogP contribution in [0.15, 0.2) is 78.0 Å². The van der Waals surface area contributed by atoms with Gasteiger partial charge in [0.15, 0.2) is 11.0 Å². The Morgan fingerprint density at radius 1 is 0.971 bits per heavy atom. The standard InChI is InChI=1S/C27H26FN5OS/c1-19-17-23(32-15-5-6-16-32)13-14-24(19)29-25(34)18-35-27-31-30-26(20-9-11-21(28)12-10-20)33(27)22-7-3-2-4-8-22/h2-4,7-14,17H,5-6,15-16,18H2,1H3,(H,29,34). The van der Waals surface area contributed by atoms with Crippen molar-refractivity contribution in [3.05, 3.63) is 84.2 Å². The molecule has 1 aliphatic rings. The quantitative estimate of drug-likeness (QED) is 0.338. The summed E-state index contributed by atoms with van der Waals surface area (Å²) >= 11 is 1.31. The molecule has 1 amide bonds. The van der Waals surface area contributed by atoms with E-state index in [1.807, 2.05) is 47.9 Å². The van der Waals surface area contributed by atoms with Crippen LogP contribution in [0.1, 0.15) is 18.4 Å². The Balaban J connectivity index is 1.32. The number of rotatable bonds is 7. The second kappa shape index (κ2) is 10.3. The highest BCUT2D eigenvalue weighted by Crippen LogP contribution is 2.29. The summed E-state index contributed by atoms with van der Waals surface area (Å²) in [7, 11) is 0. The van der Waals surface area contributed by atoms with Crippen molar-refractivity contribution in [3.63, 3.8) is 0 Å². The van der Waals surface area contributed by atoms with E-state index in [1.54, 1.807) is 12.1 Å². The monoisotopic (exact) mass is 487 g/mol. The highest BCUT2D eigenvalue weighted by atomic mass is 32.2. The summed E-state index contributed by atoms with van der Waals surface area (Å²) in [4.78, 5) is 15.2. The van der Waals surface area contributed by atoms with E-state index < -0.39 is 0 Å². The van der Waals surface area contributed by atoms with Crippen molar-refractivity contribution in [3.8, 4) is 17.1 Å². The second-order valence-corrected chi connectivity index (χ2v) is 9.46. The first-order chi connectivity index (χ1) is 17.1. The average molecular weight is 488 g/mol. The van der Waals surface area contributed by atoms with Crippen LogP contribution in [-0.4, -0.2) is 39.5 Å². The minimum absolute atomic E-state index is 0.113. The molecule has 0 radical (unpaired) electrons. The van der Waals surface area contributed by atoms with Crippen LogP contribution in [0.25, 0.3) is 17.1 Å². The number of benzene rings is 3. The SMILES string of the molecule is Cc1cc(N2CCCC2)ccc1NC(=O)CSc1nnc(-c2ccc(F)cc2)n1-c1ccccc1. The van der Waals surface area contributed by atoms with Gasteiger partial charge in [0, 0.05) is 35.7 Å². The molecule has 3 aromatic carbocycles. The van der Waals surface area contributed by atoms with Gasteiger partial charge in [-0.1, -0.05) is 30.0 Å². The summed E-state index contributed by atoms with van der Waals surface area (Å²) in [6.07, 6.45) is 2.45. The number of aromatic nitrogens is 3. The van der Waals surface area contributed by atoms with Gasteiger partial charge in [-0.05, 0) is 79.9 Å². The maximum absolute atomic E-state index is 13.5. The number of carbonyl (C=O) groups excluding carboxylic acids is 1. The molecule has 0 bridgehead atoms. The Kier molecular flexibility index (Phi) is 6.81. The molecule has 5 rings (SSSR count). The zero-order chi connectivity index (χ0) is 24.2. The van der Waals surface area contributed by atoms with Crippen LogP contribution in [0, 0.1) is 12.7 Å². The average Bonchev–Trinajstić information content (AvgIpc) is 3.56. The topological polar surface area (TPSA) is 63.1 Å². The Bertz CT molecular complexity index is 1320. The van der Waals surface area contributed by atoms with E-state index in [0.29, 0.717) is 11.0 Å². The van der Waals surface area contributed by atoms with Crippen LogP contribution in [0.5, 0.6) is 0 Å². The summed E-state index contributed by atoms with van der Waals surface area (Å²) in [6, 6.07) is 22.0. The van der Waals surface area contributed by atoms with E-state index in [0.717, 1.165) is 35.6 Å². The number of anilines is 2. The molecule has 0 aliphatic carbocycles. The number of hydrogen-bond donors (Lipinski definition) is 1. The molecular weight excluding hydrogens is 461 g/mol. The predicted molar refractivity (Wildman–Crippen MR) is 139 cm³/mol. The van der Waals surface area contributed by atoms with Crippen molar-refractivity contribution in [2.24, 2.45) is 0 Å². The van der Waals surface area contributed by atoms with Crippen LogP contribution < -0.4 is 10.2 Å². The number of para-hydroxylation sites is 1. The number of thioether (sulfide) groups is 1. The van der Waals surface area contributed by atoms with Crippen molar-refractivity contribution in [2.45, 2.75) is 24.9 Å². The Hall–Kier alpha value is -3.65. The fourth-order valence-electron chi connectivity index (χ4n) is 4.24. The van der Waals surface area contributed by atoms with E-state index in [9.17, 15) is 9.18 Å². The fourth-order valence-corrected chi connectivity index (χ4v) is 4.99. The van der Waals surface area contributed by atoms with Crippen molar-refractivity contribution in [2.75, 3.05) is 29.1 Å². The fraction of sp³-hybridized carbons (Fsp3) is 0.222. The summed E-state index contributed by atoms with van der Waals surface area (Å²) in [5, 5.41) is 12.3. The molecule has 6 nitrogen and oxygen atoms in total. The first-order valence-electron chi connectivity index (χ1n) is 11.6. The van der Waals surface area contributed by atoms with Crippen LogP contribution in [-0.2, 0) is 4.79 Å². The highest BCUT2D eigenvalue weighted by molar-refractivity contribution is 7.99. The summed E-state index contributed by atoms with van der Waals surface area (Å²) < 4.78 is 15.3. The molecule has 1 aromatic heterocycles. The van der Waals surface area contributed by atoms with Crippen LogP contribution in [0.2, 0.25) is 0 Å². The Morgan fingerprint density at radius 3 is 2.43 bits per heavy atom. The minimum atomic E-state index is -0.311. The molecule has 1 aliphatic heterocycles. The van der Waals surface area contributed by atoms with Gasteiger partial charge in [0.1, 0.15) is 5.82 Å². The van der Waals surface area contributed by atoms with Gasteiger partial charge < -0.3 is 10.2 Å². The van der Waals surface area contributed by atoms with E-state index in [1.165, 1.54) is 42.4 Å². The van der Waals surface area contributed by atoms with Gasteiger partial charge in [0.2, 0.25) is 5.91 Å². The third-order valence-electron chi connectivity index (χ3n) is 6.04. The summed E-state index contributed by atoms with van der Waals surface area (Å²) in [5.41, 5.74) is 4.67. The molecule has 35 heavy (non-hydrogen) atoms. The number of carbonyl (C=O) groups is 1. The number of nitrogens with zero attached hydrogens (tertiary/aromatic N) is 4. The highest BCUT2D eigenvalue weighted by Gasteiger charge is 2.18. The van der Waals surface area contributed by atoms with Gasteiger partial charge in [-0.25, -0.2) is 4.39 Å². The Labute approximate surface area is 208 Å². The van der Waals surface area contributed by atoms with E-state index in [4.69, 9.17) is 0 Å². The van der Waals surface area contributed by atoms with Crippen molar-refractivity contribution < 1.29 is 9.18 Å².